The Labute approximate surface area is 152 Å². The minimum Gasteiger partial charge on any atom is -0.465 e. The number of rotatable bonds is 4. The molecule has 0 atom stereocenters. The fourth-order valence-electron chi connectivity index (χ4n) is 2.87. The first-order valence-electron chi connectivity index (χ1n) is 8.14. The average molecular weight is 389 g/mol. The summed E-state index contributed by atoms with van der Waals surface area (Å²) in [4.78, 5) is 24.2. The van der Waals surface area contributed by atoms with Crippen molar-refractivity contribution in [3.8, 4) is 0 Å². The lowest BCUT2D eigenvalue weighted by Crippen LogP contribution is -2.34. The number of nitrogens with zero attached hydrogens (tertiary/aromatic N) is 1. The van der Waals surface area contributed by atoms with E-state index in [1.807, 2.05) is 0 Å². The fourth-order valence-corrected chi connectivity index (χ4v) is 6.27. The van der Waals surface area contributed by atoms with Crippen LogP contribution in [-0.2, 0) is 19.5 Å². The number of hydrogen-bond acceptors (Lipinski definition) is 7. The molecule has 1 saturated heterocycles. The summed E-state index contributed by atoms with van der Waals surface area (Å²) in [6, 6.07) is 0. The maximum absolute atomic E-state index is 13.1. The van der Waals surface area contributed by atoms with Crippen LogP contribution >= 0.6 is 11.3 Å². The van der Waals surface area contributed by atoms with Gasteiger partial charge in [0.1, 0.15) is 4.88 Å². The van der Waals surface area contributed by atoms with Gasteiger partial charge in [0, 0.05) is 13.1 Å². The summed E-state index contributed by atoms with van der Waals surface area (Å²) >= 11 is 0.770. The molecule has 0 spiro atoms. The summed E-state index contributed by atoms with van der Waals surface area (Å²) in [5, 5.41) is 0. The number of ether oxygens (including phenoxy) is 2. The van der Waals surface area contributed by atoms with Crippen molar-refractivity contribution in [1.29, 1.82) is 0 Å². The lowest BCUT2D eigenvalue weighted by Gasteiger charge is -2.23. The van der Waals surface area contributed by atoms with E-state index in [4.69, 9.17) is 9.47 Å². The van der Waals surface area contributed by atoms with Gasteiger partial charge in [-0.25, -0.2) is 18.0 Å². The quantitative estimate of drug-likeness (QED) is 0.735. The van der Waals surface area contributed by atoms with Gasteiger partial charge in [-0.2, -0.15) is 4.31 Å². The lowest BCUT2D eigenvalue weighted by molar-refractivity contribution is 0.0596. The number of carbonyl (C=O) groups is 2. The Bertz CT molecular complexity index is 745. The molecule has 0 bridgehead atoms. The van der Waals surface area contributed by atoms with Gasteiger partial charge in [-0.15, -0.1) is 11.3 Å². The van der Waals surface area contributed by atoms with E-state index in [0.717, 1.165) is 43.4 Å². The molecule has 140 valence electrons. The number of sulfonamides is 1. The minimum absolute atomic E-state index is 0.0741. The van der Waals surface area contributed by atoms with E-state index in [2.05, 4.69) is 0 Å². The monoisotopic (exact) mass is 389 g/mol. The van der Waals surface area contributed by atoms with Crippen molar-refractivity contribution in [2.24, 2.45) is 0 Å². The highest BCUT2D eigenvalue weighted by atomic mass is 32.2. The van der Waals surface area contributed by atoms with Crippen LogP contribution in [0.25, 0.3) is 0 Å². The topological polar surface area (TPSA) is 90.0 Å². The standard InChI is InChI=1S/C16H23NO6S2/c1-11-12(14(18)22-2)16(24-13(11)15(19)23-3)25(20,21)17-9-7-5-4-6-8-10-17/h4-10H2,1-3H3. The molecule has 0 radical (unpaired) electrons. The van der Waals surface area contributed by atoms with Gasteiger partial charge < -0.3 is 9.47 Å². The van der Waals surface area contributed by atoms with E-state index in [0.29, 0.717) is 13.1 Å². The van der Waals surface area contributed by atoms with Gasteiger partial charge in [-0.05, 0) is 25.3 Å². The zero-order valence-electron chi connectivity index (χ0n) is 14.7. The van der Waals surface area contributed by atoms with Gasteiger partial charge in [0.15, 0.2) is 4.21 Å². The van der Waals surface area contributed by atoms with Gasteiger partial charge in [0.25, 0.3) is 10.0 Å². The van der Waals surface area contributed by atoms with Crippen LogP contribution in [0.5, 0.6) is 0 Å². The van der Waals surface area contributed by atoms with Crippen molar-refractivity contribution in [3.05, 3.63) is 16.0 Å². The predicted octanol–water partition coefficient (Wildman–Crippen LogP) is 2.58. The Morgan fingerprint density at radius 2 is 1.48 bits per heavy atom. The van der Waals surface area contributed by atoms with E-state index in [-0.39, 0.29) is 20.2 Å². The van der Waals surface area contributed by atoms with E-state index in [1.54, 1.807) is 0 Å². The van der Waals surface area contributed by atoms with Crippen molar-refractivity contribution in [2.75, 3.05) is 27.3 Å². The third kappa shape index (κ3) is 4.04. The number of methoxy groups -OCH3 is 2. The van der Waals surface area contributed by atoms with Crippen LogP contribution in [-0.4, -0.2) is 52.0 Å². The average Bonchev–Trinajstić information content (AvgIpc) is 2.91. The third-order valence-corrected chi connectivity index (χ3v) is 7.93. The molecule has 0 N–H and O–H groups in total. The maximum Gasteiger partial charge on any atom is 0.348 e. The Morgan fingerprint density at radius 1 is 0.960 bits per heavy atom. The summed E-state index contributed by atoms with van der Waals surface area (Å²) < 4.78 is 37.0. The third-order valence-electron chi connectivity index (χ3n) is 4.26. The number of esters is 2. The van der Waals surface area contributed by atoms with Crippen LogP contribution in [0.2, 0.25) is 0 Å². The van der Waals surface area contributed by atoms with Crippen LogP contribution in [0.15, 0.2) is 4.21 Å². The van der Waals surface area contributed by atoms with Gasteiger partial charge >= 0.3 is 11.9 Å². The van der Waals surface area contributed by atoms with Crippen LogP contribution < -0.4 is 0 Å². The van der Waals surface area contributed by atoms with Gasteiger partial charge in [-0.3, -0.25) is 0 Å². The van der Waals surface area contributed by atoms with Crippen LogP contribution in [0.3, 0.4) is 0 Å². The number of carbonyl (C=O) groups excluding carboxylic acids is 2. The molecular weight excluding hydrogens is 366 g/mol. The first-order chi connectivity index (χ1) is 11.8. The van der Waals surface area contributed by atoms with Crippen LogP contribution in [0, 0.1) is 6.92 Å². The van der Waals surface area contributed by atoms with E-state index < -0.39 is 22.0 Å². The molecule has 1 fully saturated rings. The molecule has 1 aromatic rings. The fraction of sp³-hybridized carbons (Fsp3) is 0.625. The summed E-state index contributed by atoms with van der Waals surface area (Å²) in [7, 11) is -1.49. The normalized spacial score (nSPS) is 16.8. The molecule has 0 unspecified atom stereocenters. The molecule has 0 aliphatic carbocycles. The second-order valence-corrected chi connectivity index (χ2v) is 9.03. The molecule has 1 aromatic heterocycles. The number of hydrogen-bond donors (Lipinski definition) is 0. The first-order valence-corrected chi connectivity index (χ1v) is 10.4. The Balaban J connectivity index is 2.54. The minimum atomic E-state index is -3.89. The molecule has 2 heterocycles. The van der Waals surface area contributed by atoms with Crippen molar-refractivity contribution in [1.82, 2.24) is 4.31 Å². The lowest BCUT2D eigenvalue weighted by atomic mass is 10.1. The summed E-state index contributed by atoms with van der Waals surface area (Å²) in [5.74, 6) is -1.43. The Hall–Kier alpha value is -1.45. The van der Waals surface area contributed by atoms with Crippen molar-refractivity contribution < 1.29 is 27.5 Å². The van der Waals surface area contributed by atoms with Gasteiger partial charge in [0.05, 0.1) is 19.8 Å². The molecule has 0 aromatic carbocycles. The molecule has 25 heavy (non-hydrogen) atoms. The van der Waals surface area contributed by atoms with E-state index in [1.165, 1.54) is 25.4 Å². The van der Waals surface area contributed by atoms with E-state index in [9.17, 15) is 18.0 Å². The second-order valence-electron chi connectivity index (χ2n) is 5.87. The zero-order valence-corrected chi connectivity index (χ0v) is 16.3. The van der Waals surface area contributed by atoms with Crippen molar-refractivity contribution >= 4 is 33.3 Å². The molecular formula is C16H23NO6S2. The largest absolute Gasteiger partial charge is 0.465 e. The molecule has 0 saturated carbocycles. The van der Waals surface area contributed by atoms with E-state index >= 15 is 0 Å². The summed E-state index contributed by atoms with van der Waals surface area (Å²) in [5.41, 5.74) is 0.198. The molecule has 1 aliphatic heterocycles. The van der Waals surface area contributed by atoms with Crippen molar-refractivity contribution in [3.63, 3.8) is 0 Å². The molecule has 9 heteroatoms. The van der Waals surface area contributed by atoms with Gasteiger partial charge in [-0.1, -0.05) is 19.3 Å². The predicted molar refractivity (Wildman–Crippen MR) is 93.6 cm³/mol. The highest BCUT2D eigenvalue weighted by Crippen LogP contribution is 2.35. The first kappa shape index (κ1) is 19.9. The summed E-state index contributed by atoms with van der Waals surface area (Å²) in [6.45, 7) is 2.35. The smallest absolute Gasteiger partial charge is 0.348 e. The van der Waals surface area contributed by atoms with Crippen molar-refractivity contribution in [2.45, 2.75) is 43.2 Å². The number of thiophene rings is 1. The molecule has 7 nitrogen and oxygen atoms in total. The molecule has 2 rings (SSSR count). The second kappa shape index (κ2) is 8.29. The molecule has 1 aliphatic rings. The highest BCUT2D eigenvalue weighted by Gasteiger charge is 2.36. The zero-order chi connectivity index (χ0) is 18.6. The summed E-state index contributed by atoms with van der Waals surface area (Å²) in [6.07, 6.45) is 4.62. The Kier molecular flexibility index (Phi) is 6.59. The highest BCUT2D eigenvalue weighted by molar-refractivity contribution is 7.91. The SMILES string of the molecule is COC(=O)c1sc(S(=O)(=O)N2CCCCCCC2)c(C(=O)OC)c1C. The Morgan fingerprint density at radius 3 is 2.00 bits per heavy atom. The van der Waals surface area contributed by atoms with Crippen LogP contribution in [0.1, 0.15) is 57.7 Å². The van der Waals surface area contributed by atoms with Gasteiger partial charge in [0.2, 0.25) is 0 Å². The van der Waals surface area contributed by atoms with Crippen LogP contribution in [0.4, 0.5) is 0 Å². The molecule has 0 amide bonds. The maximum atomic E-state index is 13.1.